The molecule has 0 saturated carbocycles. The van der Waals surface area contributed by atoms with E-state index >= 15 is 0 Å². The highest BCUT2D eigenvalue weighted by atomic mass is 16.2. The molecule has 0 fully saturated rings. The largest absolute Gasteiger partial charge is 0.337 e. The number of carbonyl (C=O) groups is 1. The van der Waals surface area contributed by atoms with Crippen LogP contribution in [0, 0.1) is 0 Å². The Morgan fingerprint density at radius 3 is 2.79 bits per heavy atom. The van der Waals surface area contributed by atoms with Gasteiger partial charge in [0.2, 0.25) is 0 Å². The van der Waals surface area contributed by atoms with Crippen molar-refractivity contribution in [2.75, 3.05) is 6.54 Å². The third kappa shape index (κ3) is 4.01. The van der Waals surface area contributed by atoms with E-state index in [2.05, 4.69) is 26.9 Å². The van der Waals surface area contributed by atoms with Crippen molar-refractivity contribution in [3.63, 3.8) is 0 Å². The van der Waals surface area contributed by atoms with E-state index in [0.717, 1.165) is 23.5 Å². The fourth-order valence-electron chi connectivity index (χ4n) is 3.29. The quantitative estimate of drug-likeness (QED) is 0.485. The molecule has 0 unspecified atom stereocenters. The average Bonchev–Trinajstić information content (AvgIpc) is 3.33. The van der Waals surface area contributed by atoms with Crippen LogP contribution in [0.25, 0.3) is 11.2 Å². The van der Waals surface area contributed by atoms with Gasteiger partial charge in [-0.3, -0.25) is 9.78 Å². The molecule has 0 aliphatic heterocycles. The van der Waals surface area contributed by atoms with Gasteiger partial charge in [-0.2, -0.15) is 0 Å². The van der Waals surface area contributed by atoms with Crippen molar-refractivity contribution < 1.29 is 4.79 Å². The molecule has 0 aliphatic carbocycles. The number of imidazole rings is 2. The second-order valence-corrected chi connectivity index (χ2v) is 6.98. The van der Waals surface area contributed by atoms with Crippen LogP contribution in [-0.2, 0) is 20.1 Å². The van der Waals surface area contributed by atoms with Crippen molar-refractivity contribution in [3.05, 3.63) is 72.5 Å². The van der Waals surface area contributed by atoms with E-state index in [0.29, 0.717) is 30.7 Å². The summed E-state index contributed by atoms with van der Waals surface area (Å²) in [6.45, 7) is 3.80. The number of hydrogen-bond acceptors (Lipinski definition) is 5. The molecule has 0 aliphatic rings. The zero-order chi connectivity index (χ0) is 20.2. The molecule has 4 aromatic rings. The van der Waals surface area contributed by atoms with Crippen molar-refractivity contribution in [1.82, 2.24) is 34.0 Å². The first-order valence-electron chi connectivity index (χ1n) is 9.61. The van der Waals surface area contributed by atoms with Crippen LogP contribution in [0.15, 0.2) is 55.5 Å². The Bertz CT molecular complexity index is 1120. The van der Waals surface area contributed by atoms with Gasteiger partial charge in [-0.25, -0.2) is 15.0 Å². The van der Waals surface area contributed by atoms with E-state index < -0.39 is 0 Å². The Kier molecular flexibility index (Phi) is 5.33. The number of amides is 1. The Balaban J connectivity index is 1.58. The van der Waals surface area contributed by atoms with Gasteiger partial charge in [-0.15, -0.1) is 0 Å². The van der Waals surface area contributed by atoms with Crippen LogP contribution in [0.4, 0.5) is 0 Å². The summed E-state index contributed by atoms with van der Waals surface area (Å²) in [5, 5.41) is 0. The Morgan fingerprint density at radius 2 is 2.07 bits per heavy atom. The van der Waals surface area contributed by atoms with Gasteiger partial charge in [0.1, 0.15) is 11.3 Å². The molecule has 148 valence electrons. The fourth-order valence-corrected chi connectivity index (χ4v) is 3.29. The molecule has 0 aromatic carbocycles. The first-order chi connectivity index (χ1) is 14.2. The lowest BCUT2D eigenvalue weighted by molar-refractivity contribution is 0.0737. The number of carbonyl (C=O) groups excluding carboxylic acids is 1. The van der Waals surface area contributed by atoms with Crippen molar-refractivity contribution in [2.24, 2.45) is 7.05 Å². The van der Waals surface area contributed by atoms with Gasteiger partial charge >= 0.3 is 0 Å². The van der Waals surface area contributed by atoms with E-state index in [1.165, 1.54) is 0 Å². The van der Waals surface area contributed by atoms with Crippen LogP contribution in [0.3, 0.4) is 0 Å². The van der Waals surface area contributed by atoms with Gasteiger partial charge in [0.05, 0.1) is 25.0 Å². The standard InChI is InChI=1S/C21H23N7O/c1-3-8-27(14-19-23-7-9-26(19)2)21(29)17-10-18-20(24-12-17)28(15-25-18)13-16-5-4-6-22-11-16/h4-7,9-12,15H,3,8,13-14H2,1-2H3. The molecule has 0 spiro atoms. The number of pyridine rings is 2. The molecular formula is C21H23N7O. The van der Waals surface area contributed by atoms with Crippen LogP contribution in [0.2, 0.25) is 0 Å². The predicted octanol–water partition coefficient (Wildman–Crippen LogP) is 2.66. The zero-order valence-electron chi connectivity index (χ0n) is 16.6. The monoisotopic (exact) mass is 389 g/mol. The van der Waals surface area contributed by atoms with Crippen LogP contribution >= 0.6 is 0 Å². The summed E-state index contributed by atoms with van der Waals surface area (Å²) >= 11 is 0. The Hall–Kier alpha value is -3.55. The number of aryl methyl sites for hydroxylation is 1. The third-order valence-electron chi connectivity index (χ3n) is 4.81. The third-order valence-corrected chi connectivity index (χ3v) is 4.81. The van der Waals surface area contributed by atoms with Crippen molar-refractivity contribution >= 4 is 17.1 Å². The molecule has 4 rings (SSSR count). The SMILES string of the molecule is CCCN(Cc1nccn1C)C(=O)c1cnc2c(c1)ncn2Cc1cccnc1. The molecule has 4 aromatic heterocycles. The van der Waals surface area contributed by atoms with Gasteiger partial charge in [-0.1, -0.05) is 13.0 Å². The molecule has 0 radical (unpaired) electrons. The van der Waals surface area contributed by atoms with Crippen LogP contribution < -0.4 is 0 Å². The average molecular weight is 389 g/mol. The van der Waals surface area contributed by atoms with E-state index in [4.69, 9.17) is 0 Å². The van der Waals surface area contributed by atoms with Gasteiger partial charge in [0.25, 0.3) is 5.91 Å². The highest BCUT2D eigenvalue weighted by molar-refractivity contribution is 5.96. The maximum absolute atomic E-state index is 13.1. The number of rotatable bonds is 7. The van der Waals surface area contributed by atoms with Crippen molar-refractivity contribution in [3.8, 4) is 0 Å². The molecule has 1 amide bonds. The number of nitrogens with zero attached hydrogens (tertiary/aromatic N) is 7. The Labute approximate surface area is 168 Å². The molecular weight excluding hydrogens is 366 g/mol. The van der Waals surface area contributed by atoms with Crippen molar-refractivity contribution in [2.45, 2.75) is 26.4 Å². The molecule has 0 N–H and O–H groups in total. The van der Waals surface area contributed by atoms with E-state index in [9.17, 15) is 4.79 Å². The van der Waals surface area contributed by atoms with E-state index in [1.807, 2.05) is 46.8 Å². The highest BCUT2D eigenvalue weighted by Gasteiger charge is 2.19. The van der Waals surface area contributed by atoms with Crippen LogP contribution in [-0.4, -0.2) is 46.4 Å². The second kappa shape index (κ2) is 8.22. The van der Waals surface area contributed by atoms with E-state index in [1.54, 1.807) is 29.8 Å². The zero-order valence-corrected chi connectivity index (χ0v) is 16.6. The molecule has 8 nitrogen and oxygen atoms in total. The molecule has 8 heteroatoms. The Morgan fingerprint density at radius 1 is 1.17 bits per heavy atom. The lowest BCUT2D eigenvalue weighted by Gasteiger charge is -2.21. The molecule has 0 saturated heterocycles. The van der Waals surface area contributed by atoms with Gasteiger partial charge in [0, 0.05) is 44.6 Å². The summed E-state index contributed by atoms with van der Waals surface area (Å²) in [4.78, 5) is 32.4. The summed E-state index contributed by atoms with van der Waals surface area (Å²) in [6.07, 6.45) is 11.4. The normalized spacial score (nSPS) is 11.1. The number of hydrogen-bond donors (Lipinski definition) is 0. The smallest absolute Gasteiger partial charge is 0.255 e. The van der Waals surface area contributed by atoms with Crippen LogP contribution in [0.1, 0.15) is 35.1 Å². The summed E-state index contributed by atoms with van der Waals surface area (Å²) in [5.41, 5.74) is 3.05. The first kappa shape index (κ1) is 18.8. The first-order valence-corrected chi connectivity index (χ1v) is 9.61. The highest BCUT2D eigenvalue weighted by Crippen LogP contribution is 2.16. The van der Waals surface area contributed by atoms with E-state index in [-0.39, 0.29) is 5.91 Å². The lowest BCUT2D eigenvalue weighted by Crippen LogP contribution is -2.32. The minimum atomic E-state index is -0.0638. The van der Waals surface area contributed by atoms with Crippen molar-refractivity contribution in [1.29, 1.82) is 0 Å². The molecule has 29 heavy (non-hydrogen) atoms. The molecule has 0 atom stereocenters. The summed E-state index contributed by atoms with van der Waals surface area (Å²) in [6, 6.07) is 5.73. The minimum absolute atomic E-state index is 0.0638. The molecule has 0 bridgehead atoms. The minimum Gasteiger partial charge on any atom is -0.337 e. The number of aromatic nitrogens is 6. The maximum Gasteiger partial charge on any atom is 0.255 e. The second-order valence-electron chi connectivity index (χ2n) is 6.98. The van der Waals surface area contributed by atoms with Gasteiger partial charge < -0.3 is 14.0 Å². The number of fused-ring (bicyclic) bond motifs is 1. The summed E-state index contributed by atoms with van der Waals surface area (Å²) in [7, 11) is 1.93. The molecule has 4 heterocycles. The maximum atomic E-state index is 13.1. The van der Waals surface area contributed by atoms with Crippen LogP contribution in [0.5, 0.6) is 0 Å². The predicted molar refractivity (Wildman–Crippen MR) is 109 cm³/mol. The summed E-state index contributed by atoms with van der Waals surface area (Å²) in [5.74, 6) is 0.785. The summed E-state index contributed by atoms with van der Waals surface area (Å²) < 4.78 is 3.88. The fraction of sp³-hybridized carbons (Fsp3) is 0.286. The lowest BCUT2D eigenvalue weighted by atomic mass is 10.2. The van der Waals surface area contributed by atoms with Gasteiger partial charge in [0.15, 0.2) is 5.65 Å². The van der Waals surface area contributed by atoms with Gasteiger partial charge in [-0.05, 0) is 24.1 Å². The topological polar surface area (TPSA) is 81.7 Å².